The van der Waals surface area contributed by atoms with Crippen LogP contribution >= 0.6 is 12.4 Å². The number of nitrogens with two attached hydrogens (primary N) is 1. The molecule has 1 aromatic carbocycles. The van der Waals surface area contributed by atoms with Crippen molar-refractivity contribution in [2.75, 3.05) is 19.8 Å². The van der Waals surface area contributed by atoms with Gasteiger partial charge in [0.15, 0.2) is 0 Å². The highest BCUT2D eigenvalue weighted by Crippen LogP contribution is 2.31. The van der Waals surface area contributed by atoms with Crippen LogP contribution in [0.25, 0.3) is 5.69 Å². The van der Waals surface area contributed by atoms with Crippen LogP contribution in [-0.4, -0.2) is 35.4 Å². The third-order valence-corrected chi connectivity index (χ3v) is 5.75. The largest absolute Gasteiger partial charge is 0.381 e. The number of nitrogens with one attached hydrogen (secondary N) is 1. The van der Waals surface area contributed by atoms with E-state index >= 15 is 0 Å². The minimum Gasteiger partial charge on any atom is -0.381 e. The molecule has 1 aliphatic heterocycles. The first kappa shape index (κ1) is 19.9. The molecule has 1 amide bonds. The number of benzene rings is 1. The predicted molar refractivity (Wildman–Crippen MR) is 106 cm³/mol. The number of halogens is 1. The molecule has 27 heavy (non-hydrogen) atoms. The fourth-order valence-corrected chi connectivity index (χ4v) is 4.08. The van der Waals surface area contributed by atoms with Crippen LogP contribution in [0.4, 0.5) is 0 Å². The zero-order chi connectivity index (χ0) is 18.0. The molecule has 4 rings (SSSR count). The van der Waals surface area contributed by atoms with E-state index < -0.39 is 5.41 Å². The van der Waals surface area contributed by atoms with Crippen LogP contribution in [0.1, 0.15) is 36.2 Å². The lowest BCUT2D eigenvalue weighted by Gasteiger charge is -2.34. The van der Waals surface area contributed by atoms with Crippen LogP contribution in [0.2, 0.25) is 0 Å². The van der Waals surface area contributed by atoms with Gasteiger partial charge in [-0.1, -0.05) is 18.2 Å². The number of para-hydroxylation sites is 1. The molecule has 0 bridgehead atoms. The van der Waals surface area contributed by atoms with E-state index in [0.717, 1.165) is 30.6 Å². The summed E-state index contributed by atoms with van der Waals surface area (Å²) in [5, 5.41) is 7.92. The first-order valence-corrected chi connectivity index (χ1v) is 9.45. The number of carbonyl (C=O) groups is 1. The summed E-state index contributed by atoms with van der Waals surface area (Å²) in [4.78, 5) is 12.8. The van der Waals surface area contributed by atoms with Gasteiger partial charge in [0, 0.05) is 25.5 Å². The van der Waals surface area contributed by atoms with Crippen LogP contribution in [0.15, 0.2) is 30.3 Å². The Balaban J connectivity index is 0.00000210. The number of nitrogens with zero attached hydrogens (tertiary/aromatic N) is 2. The van der Waals surface area contributed by atoms with E-state index in [0.29, 0.717) is 39.1 Å². The van der Waals surface area contributed by atoms with E-state index in [-0.39, 0.29) is 18.3 Å². The number of carbonyl (C=O) groups excluding carboxylic acids is 1. The molecule has 1 fully saturated rings. The van der Waals surface area contributed by atoms with Gasteiger partial charge >= 0.3 is 0 Å². The summed E-state index contributed by atoms with van der Waals surface area (Å²) >= 11 is 0. The van der Waals surface area contributed by atoms with Crippen molar-refractivity contribution in [3.63, 3.8) is 0 Å². The number of hydrogen-bond donors (Lipinski definition) is 2. The molecule has 0 radical (unpaired) electrons. The Morgan fingerprint density at radius 3 is 2.67 bits per heavy atom. The molecule has 1 saturated heterocycles. The highest BCUT2D eigenvalue weighted by atomic mass is 35.5. The summed E-state index contributed by atoms with van der Waals surface area (Å²) in [5.74, 6) is 0.0318. The lowest BCUT2D eigenvalue weighted by molar-refractivity contribution is -0.136. The monoisotopic (exact) mass is 390 g/mol. The highest BCUT2D eigenvalue weighted by molar-refractivity contribution is 5.85. The molecule has 0 saturated carbocycles. The van der Waals surface area contributed by atoms with Gasteiger partial charge in [-0.3, -0.25) is 4.79 Å². The van der Waals surface area contributed by atoms with Gasteiger partial charge in [0.05, 0.1) is 23.3 Å². The molecule has 0 atom stereocenters. The van der Waals surface area contributed by atoms with Crippen molar-refractivity contribution in [3.8, 4) is 5.69 Å². The Hall–Kier alpha value is -1.89. The molecular weight excluding hydrogens is 364 g/mol. The van der Waals surface area contributed by atoms with Gasteiger partial charge in [-0.05, 0) is 49.8 Å². The van der Waals surface area contributed by atoms with E-state index in [1.807, 2.05) is 22.9 Å². The summed E-state index contributed by atoms with van der Waals surface area (Å²) in [7, 11) is 0. The predicted octanol–water partition coefficient (Wildman–Crippen LogP) is 2.15. The van der Waals surface area contributed by atoms with Crippen LogP contribution in [0.5, 0.6) is 0 Å². The molecule has 7 heteroatoms. The second kappa shape index (κ2) is 8.42. The molecule has 146 valence electrons. The third kappa shape index (κ3) is 3.74. The number of hydrogen-bond acceptors (Lipinski definition) is 4. The van der Waals surface area contributed by atoms with Crippen LogP contribution in [0.3, 0.4) is 0 Å². The van der Waals surface area contributed by atoms with Gasteiger partial charge in [0.25, 0.3) is 0 Å². The van der Waals surface area contributed by atoms with Crippen molar-refractivity contribution < 1.29 is 9.53 Å². The summed E-state index contributed by atoms with van der Waals surface area (Å²) < 4.78 is 7.44. The van der Waals surface area contributed by atoms with Crippen molar-refractivity contribution in [3.05, 3.63) is 47.3 Å². The minimum absolute atomic E-state index is 0. The van der Waals surface area contributed by atoms with Crippen molar-refractivity contribution in [1.29, 1.82) is 0 Å². The molecule has 0 unspecified atom stereocenters. The maximum atomic E-state index is 12.8. The first-order valence-electron chi connectivity index (χ1n) is 9.45. The second-order valence-corrected chi connectivity index (χ2v) is 7.25. The molecule has 1 aromatic heterocycles. The van der Waals surface area contributed by atoms with E-state index in [1.165, 1.54) is 11.3 Å². The fraction of sp³-hybridized carbons (Fsp3) is 0.500. The van der Waals surface area contributed by atoms with Crippen molar-refractivity contribution in [2.45, 2.75) is 38.6 Å². The summed E-state index contributed by atoms with van der Waals surface area (Å²) in [6, 6.07) is 10.2. The Morgan fingerprint density at radius 2 is 1.96 bits per heavy atom. The first-order chi connectivity index (χ1) is 12.7. The molecule has 0 spiro atoms. The average Bonchev–Trinajstić information content (AvgIpc) is 3.30. The molecule has 2 aliphatic rings. The van der Waals surface area contributed by atoms with Crippen molar-refractivity contribution in [1.82, 2.24) is 15.1 Å². The SMILES string of the molecule is Cl.NCC1(C(=O)NCc2nn(-c3ccccc3)c3c2CCC3)CCOCC1. The van der Waals surface area contributed by atoms with E-state index in [4.69, 9.17) is 15.6 Å². The zero-order valence-corrected chi connectivity index (χ0v) is 16.3. The standard InChI is InChI=1S/C20H26N4O2.ClH/c21-14-20(9-11-26-12-10-20)19(25)22-13-17-16-7-4-8-18(16)24(23-17)15-5-2-1-3-6-15;/h1-3,5-6H,4,7-14,21H2,(H,22,25);1H. The third-order valence-electron chi connectivity index (χ3n) is 5.75. The quantitative estimate of drug-likeness (QED) is 0.819. The number of rotatable bonds is 5. The van der Waals surface area contributed by atoms with Gasteiger partial charge in [0.1, 0.15) is 0 Å². The fourth-order valence-electron chi connectivity index (χ4n) is 4.08. The lowest BCUT2D eigenvalue weighted by Crippen LogP contribution is -2.49. The Morgan fingerprint density at radius 1 is 1.22 bits per heavy atom. The highest BCUT2D eigenvalue weighted by Gasteiger charge is 2.38. The summed E-state index contributed by atoms with van der Waals surface area (Å²) in [5.41, 5.74) is 10.1. The average molecular weight is 391 g/mol. The van der Waals surface area contributed by atoms with E-state index in [9.17, 15) is 4.79 Å². The van der Waals surface area contributed by atoms with Crippen molar-refractivity contribution in [2.24, 2.45) is 11.1 Å². The number of fused-ring (bicyclic) bond motifs is 1. The molecule has 2 heterocycles. The lowest BCUT2D eigenvalue weighted by atomic mass is 9.79. The van der Waals surface area contributed by atoms with Gasteiger partial charge in [0.2, 0.25) is 5.91 Å². The normalized spacial score (nSPS) is 17.8. The van der Waals surface area contributed by atoms with E-state index in [1.54, 1.807) is 0 Å². The smallest absolute Gasteiger partial charge is 0.227 e. The Bertz CT molecular complexity index is 785. The minimum atomic E-state index is -0.497. The van der Waals surface area contributed by atoms with Crippen LogP contribution in [-0.2, 0) is 28.9 Å². The van der Waals surface area contributed by atoms with E-state index in [2.05, 4.69) is 17.4 Å². The number of ether oxygens (including phenoxy) is 1. The maximum absolute atomic E-state index is 12.8. The van der Waals surface area contributed by atoms with Crippen LogP contribution < -0.4 is 11.1 Å². The van der Waals surface area contributed by atoms with Crippen LogP contribution in [0, 0.1) is 5.41 Å². The molecule has 3 N–H and O–H groups in total. The maximum Gasteiger partial charge on any atom is 0.227 e. The Labute approximate surface area is 165 Å². The molecule has 6 nitrogen and oxygen atoms in total. The summed E-state index contributed by atoms with van der Waals surface area (Å²) in [6.45, 7) is 2.02. The summed E-state index contributed by atoms with van der Waals surface area (Å²) in [6.07, 6.45) is 4.58. The van der Waals surface area contributed by atoms with Gasteiger partial charge < -0.3 is 15.8 Å². The van der Waals surface area contributed by atoms with Gasteiger partial charge in [-0.2, -0.15) is 5.10 Å². The van der Waals surface area contributed by atoms with Gasteiger partial charge in [-0.15, -0.1) is 12.4 Å². The topological polar surface area (TPSA) is 82.2 Å². The van der Waals surface area contributed by atoms with Gasteiger partial charge in [-0.25, -0.2) is 4.68 Å². The van der Waals surface area contributed by atoms with Crippen molar-refractivity contribution >= 4 is 18.3 Å². The molecular formula is C20H27ClN4O2. The number of amides is 1. The second-order valence-electron chi connectivity index (χ2n) is 7.25. The molecule has 1 aliphatic carbocycles. The Kier molecular flexibility index (Phi) is 6.19. The molecule has 2 aromatic rings. The number of aromatic nitrogens is 2. The zero-order valence-electron chi connectivity index (χ0n) is 15.4.